The molecule has 4 rings (SSSR count). The largest absolute Gasteiger partial charge is 0.409 e. The number of carbonyl (C=O) groups is 1. The van der Waals surface area contributed by atoms with Crippen LogP contribution in [-0.2, 0) is 11.3 Å². The Balaban J connectivity index is 1.56. The minimum absolute atomic E-state index is 0.0464. The van der Waals surface area contributed by atoms with E-state index in [4.69, 9.17) is 23.2 Å². The molecule has 176 valence electrons. The zero-order chi connectivity index (χ0) is 24.5. The number of hydrogen-bond donors (Lipinski definition) is 1. The van der Waals surface area contributed by atoms with Crippen LogP contribution in [-0.4, -0.2) is 17.8 Å². The summed E-state index contributed by atoms with van der Waals surface area (Å²) in [6.45, 7) is 2.12. The van der Waals surface area contributed by atoms with E-state index in [1.54, 1.807) is 25.1 Å². The highest BCUT2D eigenvalue weighted by atomic mass is 35.5. The summed E-state index contributed by atoms with van der Waals surface area (Å²) in [7, 11) is 0. The monoisotopic (exact) mass is 522 g/mol. The molecule has 3 aromatic rings. The van der Waals surface area contributed by atoms with E-state index in [1.165, 1.54) is 18.2 Å². The Hall–Kier alpha value is -2.48. The summed E-state index contributed by atoms with van der Waals surface area (Å²) in [6, 6.07) is 18.4. The van der Waals surface area contributed by atoms with Crippen molar-refractivity contribution in [3.63, 3.8) is 0 Å². The van der Waals surface area contributed by atoms with E-state index in [0.29, 0.717) is 35.2 Å². The van der Waals surface area contributed by atoms with Gasteiger partial charge in [-0.1, -0.05) is 59.6 Å². The van der Waals surface area contributed by atoms with Crippen LogP contribution in [0.15, 0.2) is 71.1 Å². The molecule has 1 atom stereocenters. The number of hydrogen-bond acceptors (Lipinski definition) is 3. The lowest BCUT2D eigenvalue weighted by Crippen LogP contribution is -2.38. The number of amides is 1. The van der Waals surface area contributed by atoms with Crippen molar-refractivity contribution in [1.82, 2.24) is 5.32 Å². The zero-order valence-corrected chi connectivity index (χ0v) is 20.2. The number of carbonyl (C=O) groups excluding carboxylic acids is 1. The summed E-state index contributed by atoms with van der Waals surface area (Å²) in [5.74, 6) is -0.256. The van der Waals surface area contributed by atoms with Crippen LogP contribution in [0.1, 0.15) is 39.0 Å². The van der Waals surface area contributed by atoms with Gasteiger partial charge in [0.05, 0.1) is 5.71 Å². The average molecular weight is 523 g/mol. The van der Waals surface area contributed by atoms with Crippen LogP contribution in [0.3, 0.4) is 0 Å². The molecule has 0 aromatic heterocycles. The van der Waals surface area contributed by atoms with Crippen molar-refractivity contribution in [2.45, 2.75) is 30.8 Å². The van der Waals surface area contributed by atoms with Gasteiger partial charge in [-0.15, -0.1) is 0 Å². The fraction of sp³-hybridized carbons (Fsp3) is 0.200. The summed E-state index contributed by atoms with van der Waals surface area (Å²) < 4.78 is 44.8. The molecule has 9 heteroatoms. The van der Waals surface area contributed by atoms with Gasteiger partial charge in [-0.25, -0.2) is 4.40 Å². The van der Waals surface area contributed by atoms with Gasteiger partial charge in [-0.05, 0) is 71.5 Å². The van der Waals surface area contributed by atoms with Crippen LogP contribution in [0.5, 0.6) is 0 Å². The van der Waals surface area contributed by atoms with E-state index >= 15 is 0 Å². The first-order valence-corrected chi connectivity index (χ1v) is 11.8. The van der Waals surface area contributed by atoms with E-state index in [1.807, 2.05) is 30.3 Å². The zero-order valence-electron chi connectivity index (χ0n) is 17.9. The van der Waals surface area contributed by atoms with E-state index < -0.39 is 10.9 Å². The maximum absolute atomic E-state index is 14.3. The SMILES string of the molecule is Cc1cc(C2=NSC(c3cc(Cl)cc(Cl)c3)(C(F)(F)F)C2)ccc1C(=O)NCc1ccccc1. The van der Waals surface area contributed by atoms with Crippen LogP contribution in [0, 0.1) is 6.92 Å². The molecule has 0 spiro atoms. The molecule has 0 bridgehead atoms. The molecule has 0 saturated heterocycles. The minimum Gasteiger partial charge on any atom is -0.348 e. The minimum atomic E-state index is -4.59. The molecule has 3 nitrogen and oxygen atoms in total. The highest BCUT2D eigenvalue weighted by Gasteiger charge is 2.60. The van der Waals surface area contributed by atoms with E-state index in [0.717, 1.165) is 5.56 Å². The maximum Gasteiger partial charge on any atom is 0.409 e. The summed E-state index contributed by atoms with van der Waals surface area (Å²) in [5, 5.41) is 3.12. The number of rotatable bonds is 5. The van der Waals surface area contributed by atoms with E-state index in [2.05, 4.69) is 9.71 Å². The van der Waals surface area contributed by atoms with Gasteiger partial charge in [-0.3, -0.25) is 4.79 Å². The Labute approximate surface area is 209 Å². The van der Waals surface area contributed by atoms with Crippen LogP contribution >= 0.6 is 35.1 Å². The average Bonchev–Trinajstić information content (AvgIpc) is 3.25. The molecule has 34 heavy (non-hydrogen) atoms. The van der Waals surface area contributed by atoms with Crippen molar-refractivity contribution in [1.29, 1.82) is 0 Å². The third kappa shape index (κ3) is 4.97. The fourth-order valence-corrected chi connectivity index (χ4v) is 5.31. The van der Waals surface area contributed by atoms with Gasteiger partial charge in [0.1, 0.15) is 0 Å². The summed E-state index contributed by atoms with van der Waals surface area (Å²) in [5.41, 5.74) is 2.84. The van der Waals surface area contributed by atoms with Crippen molar-refractivity contribution in [2.75, 3.05) is 0 Å². The van der Waals surface area contributed by atoms with Crippen LogP contribution in [0.2, 0.25) is 10.0 Å². The number of nitrogens with one attached hydrogen (secondary N) is 1. The van der Waals surface area contributed by atoms with Crippen LogP contribution < -0.4 is 5.32 Å². The summed E-state index contributed by atoms with van der Waals surface area (Å²) in [6.07, 6.45) is -4.97. The smallest absolute Gasteiger partial charge is 0.348 e. The van der Waals surface area contributed by atoms with Gasteiger partial charge in [0.2, 0.25) is 0 Å². The predicted octanol–water partition coefficient (Wildman–Crippen LogP) is 7.53. The molecule has 0 aliphatic carbocycles. The van der Waals surface area contributed by atoms with Gasteiger partial charge in [0.25, 0.3) is 5.91 Å². The predicted molar refractivity (Wildman–Crippen MR) is 132 cm³/mol. The molecular formula is C25H19Cl2F3N2OS. The van der Waals surface area contributed by atoms with Crippen molar-refractivity contribution in [3.8, 4) is 0 Å². The first-order valence-electron chi connectivity index (χ1n) is 10.3. The topological polar surface area (TPSA) is 41.5 Å². The number of aryl methyl sites for hydroxylation is 1. The maximum atomic E-state index is 14.3. The summed E-state index contributed by atoms with van der Waals surface area (Å²) in [4.78, 5) is 12.6. The first-order chi connectivity index (χ1) is 16.1. The molecule has 1 aliphatic rings. The third-order valence-electron chi connectivity index (χ3n) is 5.61. The summed E-state index contributed by atoms with van der Waals surface area (Å²) >= 11 is 12.4. The number of nitrogens with zero attached hydrogens (tertiary/aromatic N) is 1. The second-order valence-electron chi connectivity index (χ2n) is 7.99. The molecule has 1 N–H and O–H groups in total. The van der Waals surface area contributed by atoms with Crippen molar-refractivity contribution >= 4 is 46.8 Å². The molecule has 1 heterocycles. The van der Waals surface area contributed by atoms with Crippen molar-refractivity contribution in [3.05, 3.63) is 105 Å². The Bertz CT molecular complexity index is 1240. The quantitative estimate of drug-likeness (QED) is 0.352. The van der Waals surface area contributed by atoms with Crippen molar-refractivity contribution in [2.24, 2.45) is 4.40 Å². The van der Waals surface area contributed by atoms with Gasteiger partial charge in [0.15, 0.2) is 4.75 Å². The molecule has 1 unspecified atom stereocenters. The van der Waals surface area contributed by atoms with Crippen LogP contribution in [0.25, 0.3) is 0 Å². The molecule has 0 radical (unpaired) electrons. The van der Waals surface area contributed by atoms with Crippen molar-refractivity contribution < 1.29 is 18.0 Å². The third-order valence-corrected chi connectivity index (χ3v) is 7.29. The second-order valence-corrected chi connectivity index (χ2v) is 9.92. The van der Waals surface area contributed by atoms with Gasteiger partial charge >= 0.3 is 6.18 Å². The fourth-order valence-electron chi connectivity index (χ4n) is 3.82. The first kappa shape index (κ1) is 24.6. The molecule has 0 fully saturated rings. The highest BCUT2D eigenvalue weighted by molar-refractivity contribution is 7.99. The highest BCUT2D eigenvalue weighted by Crippen LogP contribution is 2.57. The Morgan fingerprint density at radius 2 is 1.74 bits per heavy atom. The van der Waals surface area contributed by atoms with Gasteiger partial charge < -0.3 is 5.32 Å². The van der Waals surface area contributed by atoms with Gasteiger partial charge in [0, 0.05) is 28.6 Å². The van der Waals surface area contributed by atoms with Gasteiger partial charge in [-0.2, -0.15) is 13.2 Å². The molecule has 1 aliphatic heterocycles. The Morgan fingerprint density at radius 3 is 2.35 bits per heavy atom. The molecule has 3 aromatic carbocycles. The lowest BCUT2D eigenvalue weighted by Gasteiger charge is -2.30. The van der Waals surface area contributed by atoms with E-state index in [-0.39, 0.29) is 33.6 Å². The molecular weight excluding hydrogens is 504 g/mol. The lowest BCUT2D eigenvalue weighted by molar-refractivity contribution is -0.159. The number of benzene rings is 3. The Morgan fingerprint density at radius 1 is 1.06 bits per heavy atom. The number of alkyl halides is 3. The Kier molecular flexibility index (Phi) is 6.99. The van der Waals surface area contributed by atoms with Crippen LogP contribution in [0.4, 0.5) is 13.2 Å². The standard InChI is InChI=1S/C25H19Cl2F3N2OS/c1-15-9-17(7-8-21(15)23(33)31-14-16-5-3-2-4-6-16)22-13-24(34-32-22,25(28,29)30)18-10-19(26)12-20(27)11-18/h2-12H,13-14H2,1H3,(H,31,33). The molecule has 1 amide bonds. The number of halogens is 5. The normalized spacial score (nSPS) is 18.0. The van der Waals surface area contributed by atoms with E-state index in [9.17, 15) is 18.0 Å². The second kappa shape index (κ2) is 9.64. The molecule has 0 saturated carbocycles. The lowest BCUT2D eigenvalue weighted by atomic mass is 9.89.